The minimum absolute atomic E-state index is 0.0408. The summed E-state index contributed by atoms with van der Waals surface area (Å²) >= 11 is 0. The van der Waals surface area contributed by atoms with E-state index in [0.717, 1.165) is 11.1 Å². The Bertz CT molecular complexity index is 1060. The molecule has 0 spiro atoms. The fourth-order valence-electron chi connectivity index (χ4n) is 3.13. The minimum Gasteiger partial charge on any atom is -0.459 e. The average Bonchev–Trinajstić information content (AvgIpc) is 2.90. The Kier molecular flexibility index (Phi) is 14.0. The van der Waals surface area contributed by atoms with Gasteiger partial charge in [0.2, 0.25) is 0 Å². The number of hydrogen-bond donors (Lipinski definition) is 2. The standard InChI is InChI=1S/C30H40N2O8S2/c1-29(2,3)39-27(35)31-23(25(33)37-17-21-13-9-7-10-14-21)19-41-42-20-24(32-28(36)40-30(4,5)6)26(34)38-18-22-15-11-8-12-16-22/h7-16,23-24H,17-20H2,1-6H3,(H,31,35)(H,32,36)/t23-,24-/m1/s1. The molecule has 10 nitrogen and oxygen atoms in total. The normalized spacial score (nSPS) is 12.8. The zero-order chi connectivity index (χ0) is 31.2. The quantitative estimate of drug-likeness (QED) is 0.126. The first-order valence-corrected chi connectivity index (χ1v) is 15.9. The molecule has 0 bridgehead atoms. The van der Waals surface area contributed by atoms with Gasteiger partial charge in [-0.2, -0.15) is 0 Å². The molecule has 2 aromatic rings. The van der Waals surface area contributed by atoms with Crippen molar-refractivity contribution in [1.82, 2.24) is 10.6 Å². The molecular weight excluding hydrogens is 580 g/mol. The minimum atomic E-state index is -1.02. The lowest BCUT2D eigenvalue weighted by Gasteiger charge is -2.23. The van der Waals surface area contributed by atoms with Gasteiger partial charge in [-0.1, -0.05) is 82.3 Å². The van der Waals surface area contributed by atoms with Crippen LogP contribution in [0.25, 0.3) is 0 Å². The van der Waals surface area contributed by atoms with Crippen molar-refractivity contribution in [3.05, 3.63) is 71.8 Å². The molecular formula is C30H40N2O8S2. The number of nitrogens with one attached hydrogen (secondary N) is 2. The Hall–Kier alpha value is -3.38. The van der Waals surface area contributed by atoms with E-state index >= 15 is 0 Å². The van der Waals surface area contributed by atoms with Crippen LogP contribution >= 0.6 is 21.6 Å². The number of benzene rings is 2. The van der Waals surface area contributed by atoms with Crippen LogP contribution in [0.15, 0.2) is 60.7 Å². The van der Waals surface area contributed by atoms with Gasteiger partial charge in [0.15, 0.2) is 0 Å². The number of ether oxygens (including phenoxy) is 4. The highest BCUT2D eigenvalue weighted by atomic mass is 33.1. The lowest BCUT2D eigenvalue weighted by Crippen LogP contribution is -2.46. The van der Waals surface area contributed by atoms with Gasteiger partial charge in [-0.15, -0.1) is 0 Å². The van der Waals surface area contributed by atoms with Crippen molar-refractivity contribution in [2.75, 3.05) is 11.5 Å². The van der Waals surface area contributed by atoms with Gasteiger partial charge in [0.05, 0.1) is 0 Å². The summed E-state index contributed by atoms with van der Waals surface area (Å²) in [5.74, 6) is -1.06. The van der Waals surface area contributed by atoms with E-state index in [4.69, 9.17) is 18.9 Å². The van der Waals surface area contributed by atoms with Crippen LogP contribution in [0.4, 0.5) is 9.59 Å². The van der Waals surface area contributed by atoms with E-state index in [1.54, 1.807) is 41.5 Å². The number of carbonyl (C=O) groups excluding carboxylic acids is 4. The summed E-state index contributed by atoms with van der Waals surface area (Å²) in [6.07, 6.45) is -1.52. The van der Waals surface area contributed by atoms with Crippen LogP contribution in [0.5, 0.6) is 0 Å². The molecule has 2 N–H and O–H groups in total. The fourth-order valence-corrected chi connectivity index (χ4v) is 5.43. The summed E-state index contributed by atoms with van der Waals surface area (Å²) in [7, 11) is 2.43. The van der Waals surface area contributed by atoms with Gasteiger partial charge < -0.3 is 29.6 Å². The Balaban J connectivity index is 2.01. The molecule has 0 unspecified atom stereocenters. The molecule has 12 heteroatoms. The van der Waals surface area contributed by atoms with Crippen LogP contribution in [0.3, 0.4) is 0 Å². The van der Waals surface area contributed by atoms with Crippen molar-refractivity contribution in [3.8, 4) is 0 Å². The smallest absolute Gasteiger partial charge is 0.408 e. The topological polar surface area (TPSA) is 129 Å². The first kappa shape index (κ1) is 34.8. The SMILES string of the molecule is CC(C)(C)OC(=O)N[C@H](CSSC[C@@H](NC(=O)OC(C)(C)C)C(=O)OCc1ccccc1)C(=O)OCc1ccccc1. The first-order valence-electron chi connectivity index (χ1n) is 13.4. The summed E-state index contributed by atoms with van der Waals surface area (Å²) in [4.78, 5) is 50.6. The summed E-state index contributed by atoms with van der Waals surface area (Å²) in [5.41, 5.74) is 0.0824. The summed E-state index contributed by atoms with van der Waals surface area (Å²) in [5, 5.41) is 5.13. The maximum absolute atomic E-state index is 12.9. The van der Waals surface area contributed by atoms with Crippen molar-refractivity contribution in [2.45, 2.75) is 78.0 Å². The number of amides is 2. The van der Waals surface area contributed by atoms with E-state index in [0.29, 0.717) is 0 Å². The molecule has 0 radical (unpaired) electrons. The number of alkyl carbamates (subject to hydrolysis) is 2. The summed E-state index contributed by atoms with van der Waals surface area (Å²) in [6.45, 7) is 10.4. The Morgan fingerprint density at radius 1 is 0.619 bits per heavy atom. The Morgan fingerprint density at radius 2 is 0.952 bits per heavy atom. The molecule has 0 saturated heterocycles. The van der Waals surface area contributed by atoms with Crippen molar-refractivity contribution in [1.29, 1.82) is 0 Å². The molecule has 0 heterocycles. The summed E-state index contributed by atoms with van der Waals surface area (Å²) < 4.78 is 21.5. The lowest BCUT2D eigenvalue weighted by molar-refractivity contribution is -0.147. The van der Waals surface area contributed by atoms with Gasteiger partial charge in [-0.25, -0.2) is 19.2 Å². The monoisotopic (exact) mass is 620 g/mol. The molecule has 0 aliphatic rings. The van der Waals surface area contributed by atoms with Crippen LogP contribution in [0.2, 0.25) is 0 Å². The van der Waals surface area contributed by atoms with Gasteiger partial charge in [-0.3, -0.25) is 0 Å². The maximum atomic E-state index is 12.9. The molecule has 42 heavy (non-hydrogen) atoms. The Morgan fingerprint density at radius 3 is 1.26 bits per heavy atom. The zero-order valence-electron chi connectivity index (χ0n) is 24.8. The van der Waals surface area contributed by atoms with E-state index < -0.39 is 47.4 Å². The predicted molar refractivity (Wildman–Crippen MR) is 164 cm³/mol. The van der Waals surface area contributed by atoms with Gasteiger partial charge in [0, 0.05) is 11.5 Å². The van der Waals surface area contributed by atoms with E-state index in [1.165, 1.54) is 21.6 Å². The average molecular weight is 621 g/mol. The number of hydrogen-bond acceptors (Lipinski definition) is 10. The number of rotatable bonds is 13. The number of carbonyl (C=O) groups is 4. The highest BCUT2D eigenvalue weighted by Crippen LogP contribution is 2.24. The van der Waals surface area contributed by atoms with E-state index in [9.17, 15) is 19.2 Å². The van der Waals surface area contributed by atoms with Gasteiger partial charge in [0.25, 0.3) is 0 Å². The third kappa shape index (κ3) is 15.0. The molecule has 230 valence electrons. The Labute approximate surface area is 255 Å². The molecule has 2 aromatic carbocycles. The van der Waals surface area contributed by atoms with E-state index in [1.807, 2.05) is 60.7 Å². The maximum Gasteiger partial charge on any atom is 0.408 e. The molecule has 2 rings (SSSR count). The van der Waals surface area contributed by atoms with Crippen molar-refractivity contribution in [2.24, 2.45) is 0 Å². The molecule has 0 saturated carbocycles. The van der Waals surface area contributed by atoms with Crippen molar-refractivity contribution in [3.63, 3.8) is 0 Å². The second-order valence-electron chi connectivity index (χ2n) is 11.2. The molecule has 0 aliphatic carbocycles. The van der Waals surface area contributed by atoms with Gasteiger partial charge in [0.1, 0.15) is 36.5 Å². The number of esters is 2. The van der Waals surface area contributed by atoms with Crippen LogP contribution in [0.1, 0.15) is 52.7 Å². The molecule has 2 atom stereocenters. The van der Waals surface area contributed by atoms with Gasteiger partial charge in [-0.05, 0) is 52.7 Å². The largest absolute Gasteiger partial charge is 0.459 e. The molecule has 0 aromatic heterocycles. The zero-order valence-corrected chi connectivity index (χ0v) is 26.5. The summed E-state index contributed by atoms with van der Waals surface area (Å²) in [6, 6.07) is 16.3. The second-order valence-corrected chi connectivity index (χ2v) is 13.7. The van der Waals surface area contributed by atoms with Crippen LogP contribution < -0.4 is 10.6 Å². The van der Waals surface area contributed by atoms with Gasteiger partial charge >= 0.3 is 24.1 Å². The molecule has 0 fully saturated rings. The van der Waals surface area contributed by atoms with Crippen LogP contribution in [-0.4, -0.2) is 58.9 Å². The van der Waals surface area contributed by atoms with Crippen LogP contribution in [-0.2, 0) is 41.8 Å². The highest BCUT2D eigenvalue weighted by Gasteiger charge is 2.28. The predicted octanol–water partition coefficient (Wildman–Crippen LogP) is 5.64. The van der Waals surface area contributed by atoms with E-state index in [-0.39, 0.29) is 24.7 Å². The fraction of sp³-hybridized carbons (Fsp3) is 0.467. The van der Waals surface area contributed by atoms with Crippen molar-refractivity contribution < 1.29 is 38.1 Å². The first-order chi connectivity index (χ1) is 19.7. The molecule has 2 amide bonds. The highest BCUT2D eigenvalue weighted by molar-refractivity contribution is 8.76. The lowest BCUT2D eigenvalue weighted by atomic mass is 10.2. The second kappa shape index (κ2) is 16.9. The van der Waals surface area contributed by atoms with E-state index in [2.05, 4.69) is 10.6 Å². The third-order valence-corrected chi connectivity index (χ3v) is 7.37. The van der Waals surface area contributed by atoms with Crippen LogP contribution in [0, 0.1) is 0 Å². The third-order valence-electron chi connectivity index (χ3n) is 4.95. The molecule has 0 aliphatic heterocycles. The van der Waals surface area contributed by atoms with Crippen molar-refractivity contribution >= 4 is 45.7 Å².